The van der Waals surface area contributed by atoms with Crippen LogP contribution in [-0.2, 0) is 6.42 Å². The van der Waals surface area contributed by atoms with Gasteiger partial charge in [-0.2, -0.15) is 0 Å². The molecule has 0 amide bonds. The van der Waals surface area contributed by atoms with Crippen LogP contribution in [0, 0.1) is 6.92 Å². The summed E-state index contributed by atoms with van der Waals surface area (Å²) in [5, 5.41) is 3.14. The maximum absolute atomic E-state index is 5.17. The molecule has 13 heavy (non-hydrogen) atoms. The van der Waals surface area contributed by atoms with Crippen molar-refractivity contribution in [3.05, 3.63) is 35.4 Å². The summed E-state index contributed by atoms with van der Waals surface area (Å²) < 4.78 is 0. The maximum atomic E-state index is 5.17. The van der Waals surface area contributed by atoms with Gasteiger partial charge >= 0.3 is 0 Å². The van der Waals surface area contributed by atoms with Gasteiger partial charge in [0.15, 0.2) is 0 Å². The lowest BCUT2D eigenvalue weighted by atomic mass is 10.1. The fourth-order valence-corrected chi connectivity index (χ4v) is 1.58. The molecule has 70 valence electrons. The molecule has 1 aromatic carbocycles. The first-order valence-electron chi connectivity index (χ1n) is 4.54. The van der Waals surface area contributed by atoms with E-state index in [0.29, 0.717) is 0 Å². The van der Waals surface area contributed by atoms with Crippen molar-refractivity contribution in [2.45, 2.75) is 20.3 Å². The summed E-state index contributed by atoms with van der Waals surface area (Å²) >= 11 is 5.17. The third kappa shape index (κ3) is 3.55. The summed E-state index contributed by atoms with van der Waals surface area (Å²) in [4.78, 5) is 0.924. The second-order valence-electron chi connectivity index (χ2n) is 3.12. The van der Waals surface area contributed by atoms with Crippen LogP contribution in [0.3, 0.4) is 0 Å². The van der Waals surface area contributed by atoms with Gasteiger partial charge < -0.3 is 5.32 Å². The molecular formula is C11H15NS. The minimum absolute atomic E-state index is 0.852. The van der Waals surface area contributed by atoms with Crippen LogP contribution in [-0.4, -0.2) is 11.5 Å². The summed E-state index contributed by atoms with van der Waals surface area (Å²) in [5.74, 6) is 0. The van der Waals surface area contributed by atoms with Crippen molar-refractivity contribution in [1.82, 2.24) is 5.32 Å². The van der Waals surface area contributed by atoms with Crippen molar-refractivity contribution in [3.8, 4) is 0 Å². The third-order valence-corrected chi connectivity index (χ3v) is 2.11. The van der Waals surface area contributed by atoms with E-state index in [0.717, 1.165) is 18.0 Å². The number of hydrogen-bond donors (Lipinski definition) is 1. The lowest BCUT2D eigenvalue weighted by molar-refractivity contribution is 0.962. The van der Waals surface area contributed by atoms with Gasteiger partial charge in [-0.3, -0.25) is 0 Å². The molecule has 2 heteroatoms. The Hall–Kier alpha value is -0.890. The average molecular weight is 193 g/mol. The molecule has 0 bridgehead atoms. The summed E-state index contributed by atoms with van der Waals surface area (Å²) in [6, 6.07) is 8.44. The lowest BCUT2D eigenvalue weighted by Crippen LogP contribution is -2.22. The fourth-order valence-electron chi connectivity index (χ4n) is 1.27. The monoisotopic (exact) mass is 193 g/mol. The predicted octanol–water partition coefficient (Wildman–Crippen LogP) is 2.47. The Morgan fingerprint density at radius 2 is 2.23 bits per heavy atom. The SMILES string of the molecule is CCNC(=S)Cc1cccc(C)c1. The number of benzene rings is 1. The topological polar surface area (TPSA) is 12.0 Å². The zero-order valence-corrected chi connectivity index (χ0v) is 8.95. The molecule has 0 radical (unpaired) electrons. The van der Waals surface area contributed by atoms with Gasteiger partial charge in [-0.15, -0.1) is 0 Å². The van der Waals surface area contributed by atoms with E-state index in [9.17, 15) is 0 Å². The smallest absolute Gasteiger partial charge is 0.0797 e. The standard InChI is InChI=1S/C11H15NS/c1-3-12-11(13)8-10-6-4-5-9(2)7-10/h4-7H,3,8H2,1-2H3,(H,12,13). The third-order valence-electron chi connectivity index (χ3n) is 1.82. The van der Waals surface area contributed by atoms with E-state index in [4.69, 9.17) is 12.2 Å². The van der Waals surface area contributed by atoms with E-state index < -0.39 is 0 Å². The number of aryl methyl sites for hydroxylation is 1. The summed E-state index contributed by atoms with van der Waals surface area (Å²) in [6.45, 7) is 5.06. The minimum Gasteiger partial charge on any atom is -0.380 e. The van der Waals surface area contributed by atoms with E-state index in [1.54, 1.807) is 0 Å². The van der Waals surface area contributed by atoms with Crippen molar-refractivity contribution in [1.29, 1.82) is 0 Å². The number of nitrogens with one attached hydrogen (secondary N) is 1. The first kappa shape index (κ1) is 10.2. The van der Waals surface area contributed by atoms with Crippen LogP contribution in [0.1, 0.15) is 18.1 Å². The van der Waals surface area contributed by atoms with Gasteiger partial charge in [0.05, 0.1) is 4.99 Å². The van der Waals surface area contributed by atoms with Crippen LogP contribution in [0.5, 0.6) is 0 Å². The number of thiocarbonyl (C=S) groups is 1. The van der Waals surface area contributed by atoms with Crippen LogP contribution >= 0.6 is 12.2 Å². The zero-order chi connectivity index (χ0) is 9.68. The average Bonchev–Trinajstić information content (AvgIpc) is 2.04. The summed E-state index contributed by atoms with van der Waals surface area (Å²) in [6.07, 6.45) is 0.852. The minimum atomic E-state index is 0.852. The van der Waals surface area contributed by atoms with Crippen LogP contribution in [0.15, 0.2) is 24.3 Å². The molecular weight excluding hydrogens is 178 g/mol. The van der Waals surface area contributed by atoms with Crippen molar-refractivity contribution in [2.75, 3.05) is 6.54 Å². The number of rotatable bonds is 3. The maximum Gasteiger partial charge on any atom is 0.0797 e. The van der Waals surface area contributed by atoms with Gasteiger partial charge in [0.1, 0.15) is 0 Å². The Bertz CT molecular complexity index is 294. The van der Waals surface area contributed by atoms with E-state index in [1.165, 1.54) is 11.1 Å². The molecule has 1 rings (SSSR count). The van der Waals surface area contributed by atoms with Gasteiger partial charge in [0, 0.05) is 13.0 Å². The Labute approximate surface area is 85.2 Å². The van der Waals surface area contributed by atoms with Gasteiger partial charge in [0.2, 0.25) is 0 Å². The van der Waals surface area contributed by atoms with Gasteiger partial charge in [-0.05, 0) is 19.4 Å². The molecule has 0 fully saturated rings. The Morgan fingerprint density at radius 3 is 2.85 bits per heavy atom. The highest BCUT2D eigenvalue weighted by Crippen LogP contribution is 2.04. The Morgan fingerprint density at radius 1 is 1.46 bits per heavy atom. The highest BCUT2D eigenvalue weighted by atomic mass is 32.1. The van der Waals surface area contributed by atoms with Crippen LogP contribution in [0.2, 0.25) is 0 Å². The second kappa shape index (κ2) is 4.97. The normalized spacial score (nSPS) is 9.69. The van der Waals surface area contributed by atoms with Gasteiger partial charge in [-0.25, -0.2) is 0 Å². The van der Waals surface area contributed by atoms with Crippen molar-refractivity contribution in [2.24, 2.45) is 0 Å². The number of likely N-dealkylation sites (N-methyl/N-ethyl adjacent to an activating group) is 1. The molecule has 0 saturated heterocycles. The number of hydrogen-bond acceptors (Lipinski definition) is 1. The Balaban J connectivity index is 2.58. The predicted molar refractivity (Wildman–Crippen MR) is 61.2 cm³/mol. The van der Waals surface area contributed by atoms with Crippen molar-refractivity contribution in [3.63, 3.8) is 0 Å². The second-order valence-corrected chi connectivity index (χ2v) is 3.61. The highest BCUT2D eigenvalue weighted by Gasteiger charge is 1.97. The molecule has 1 N–H and O–H groups in total. The van der Waals surface area contributed by atoms with Gasteiger partial charge in [-0.1, -0.05) is 42.0 Å². The highest BCUT2D eigenvalue weighted by molar-refractivity contribution is 7.80. The van der Waals surface area contributed by atoms with E-state index >= 15 is 0 Å². The molecule has 0 saturated carbocycles. The molecule has 1 aromatic rings. The molecule has 0 aliphatic heterocycles. The van der Waals surface area contributed by atoms with E-state index in [2.05, 4.69) is 43.4 Å². The van der Waals surface area contributed by atoms with Crippen molar-refractivity contribution >= 4 is 17.2 Å². The molecule has 0 unspecified atom stereocenters. The molecule has 0 aromatic heterocycles. The Kier molecular flexibility index (Phi) is 3.90. The fraction of sp³-hybridized carbons (Fsp3) is 0.364. The molecule has 0 aliphatic rings. The molecule has 0 spiro atoms. The zero-order valence-electron chi connectivity index (χ0n) is 8.13. The van der Waals surface area contributed by atoms with Crippen LogP contribution in [0.25, 0.3) is 0 Å². The quantitative estimate of drug-likeness (QED) is 0.740. The van der Waals surface area contributed by atoms with Gasteiger partial charge in [0.25, 0.3) is 0 Å². The molecule has 0 aliphatic carbocycles. The van der Waals surface area contributed by atoms with Crippen molar-refractivity contribution < 1.29 is 0 Å². The van der Waals surface area contributed by atoms with Crippen LogP contribution in [0.4, 0.5) is 0 Å². The molecule has 0 heterocycles. The van der Waals surface area contributed by atoms with E-state index in [1.807, 2.05) is 0 Å². The largest absolute Gasteiger partial charge is 0.380 e. The molecule has 1 nitrogen and oxygen atoms in total. The van der Waals surface area contributed by atoms with Crippen LogP contribution < -0.4 is 5.32 Å². The first-order chi connectivity index (χ1) is 6.22. The summed E-state index contributed by atoms with van der Waals surface area (Å²) in [7, 11) is 0. The lowest BCUT2D eigenvalue weighted by Gasteiger charge is -2.05. The summed E-state index contributed by atoms with van der Waals surface area (Å²) in [5.41, 5.74) is 2.57. The first-order valence-corrected chi connectivity index (χ1v) is 4.95. The molecule has 0 atom stereocenters. The van der Waals surface area contributed by atoms with E-state index in [-0.39, 0.29) is 0 Å².